The Hall–Kier alpha value is -6.46. The second-order valence-corrected chi connectivity index (χ2v) is 12.2. The maximum atomic E-state index is 6.90. The average molecular weight is 605 g/mol. The van der Waals surface area contributed by atoms with Gasteiger partial charge < -0.3 is 25.0 Å². The summed E-state index contributed by atoms with van der Waals surface area (Å²) in [6, 6.07) is 50.7. The lowest BCUT2D eigenvalue weighted by molar-refractivity contribution is 0.673. The van der Waals surface area contributed by atoms with Gasteiger partial charge in [-0.15, -0.1) is 0 Å². The first kappa shape index (κ1) is 25.8. The molecule has 0 radical (unpaired) electrons. The van der Waals surface area contributed by atoms with E-state index in [0.29, 0.717) is 5.69 Å². The summed E-state index contributed by atoms with van der Waals surface area (Å²) in [5.41, 5.74) is 24.9. The Morgan fingerprint density at radius 1 is 0.468 bits per heavy atom. The molecule has 5 heteroatoms. The lowest BCUT2D eigenvalue weighted by Crippen LogP contribution is -2.02. The highest BCUT2D eigenvalue weighted by atomic mass is 16.3. The third-order valence-electron chi connectivity index (χ3n) is 9.59. The summed E-state index contributed by atoms with van der Waals surface area (Å²) < 4.78 is 11.2. The highest BCUT2D eigenvalue weighted by Crippen LogP contribution is 2.44. The summed E-state index contributed by atoms with van der Waals surface area (Å²) in [7, 11) is 0. The largest absolute Gasteiger partial charge is 0.455 e. The second-order valence-electron chi connectivity index (χ2n) is 12.2. The first-order valence-electron chi connectivity index (χ1n) is 15.8. The normalized spacial score (nSPS) is 12.0. The van der Waals surface area contributed by atoms with E-state index < -0.39 is 0 Å². The molecule has 0 aliphatic carbocycles. The number of nitrogens with zero attached hydrogens (tertiary/aromatic N) is 2. The number of nitrogen functional groups attached to an aromatic ring is 2. The van der Waals surface area contributed by atoms with Crippen molar-refractivity contribution in [3.8, 4) is 22.5 Å². The number of hydrogen-bond donors (Lipinski definition) is 2. The molecule has 0 atom stereocenters. The van der Waals surface area contributed by atoms with Crippen LogP contribution < -0.4 is 11.5 Å². The van der Waals surface area contributed by atoms with E-state index in [2.05, 4.69) is 124 Å². The quantitative estimate of drug-likeness (QED) is 0.197. The molecular weight excluding hydrogens is 576 g/mol. The Morgan fingerprint density at radius 3 is 2.09 bits per heavy atom. The van der Waals surface area contributed by atoms with E-state index in [1.165, 1.54) is 0 Å². The van der Waals surface area contributed by atoms with Gasteiger partial charge in [-0.2, -0.15) is 0 Å². The summed E-state index contributed by atoms with van der Waals surface area (Å²) in [6.07, 6.45) is 0. The van der Waals surface area contributed by atoms with Gasteiger partial charge in [0.05, 0.1) is 38.8 Å². The van der Waals surface area contributed by atoms with Crippen molar-refractivity contribution in [1.29, 1.82) is 0 Å². The Morgan fingerprint density at radius 2 is 1.19 bits per heavy atom. The number of nitrogens with two attached hydrogens (primary N) is 2. The molecule has 7 aromatic carbocycles. The van der Waals surface area contributed by atoms with Crippen LogP contribution in [0, 0.1) is 0 Å². The molecule has 4 N–H and O–H groups in total. The monoisotopic (exact) mass is 604 g/mol. The van der Waals surface area contributed by atoms with E-state index in [1.807, 2.05) is 30.3 Å². The topological polar surface area (TPSA) is 75.0 Å². The van der Waals surface area contributed by atoms with Gasteiger partial charge in [0.1, 0.15) is 11.2 Å². The Kier molecular flexibility index (Phi) is 5.23. The minimum Gasteiger partial charge on any atom is -0.455 e. The first-order valence-corrected chi connectivity index (χ1v) is 15.8. The minimum atomic E-state index is 0.702. The summed E-state index contributed by atoms with van der Waals surface area (Å²) in [4.78, 5) is 0. The fourth-order valence-electron chi connectivity index (χ4n) is 7.58. The highest BCUT2D eigenvalue weighted by molar-refractivity contribution is 6.24. The fraction of sp³-hybridized carbons (Fsp3) is 0. The molecule has 0 aliphatic heterocycles. The van der Waals surface area contributed by atoms with Crippen molar-refractivity contribution in [3.63, 3.8) is 0 Å². The zero-order valence-electron chi connectivity index (χ0n) is 25.3. The van der Waals surface area contributed by atoms with E-state index in [-0.39, 0.29) is 0 Å². The summed E-state index contributed by atoms with van der Waals surface area (Å²) in [5.74, 6) is 0. The molecule has 3 aromatic heterocycles. The molecule has 0 aliphatic rings. The molecule has 0 bridgehead atoms. The number of furan rings is 1. The van der Waals surface area contributed by atoms with Gasteiger partial charge in [0.25, 0.3) is 0 Å². The maximum Gasteiger partial charge on any atom is 0.145 e. The Bertz CT molecular complexity index is 2870. The van der Waals surface area contributed by atoms with Crippen molar-refractivity contribution in [3.05, 3.63) is 146 Å². The van der Waals surface area contributed by atoms with Crippen LogP contribution in [0.15, 0.2) is 150 Å². The molecule has 0 spiro atoms. The van der Waals surface area contributed by atoms with Crippen LogP contribution >= 0.6 is 0 Å². The van der Waals surface area contributed by atoms with Crippen molar-refractivity contribution in [2.45, 2.75) is 0 Å². The van der Waals surface area contributed by atoms with Crippen LogP contribution in [0.5, 0.6) is 0 Å². The zero-order chi connectivity index (χ0) is 31.2. The second kappa shape index (κ2) is 9.52. The molecule has 5 nitrogen and oxygen atoms in total. The smallest absolute Gasteiger partial charge is 0.145 e. The number of aromatic nitrogens is 2. The van der Waals surface area contributed by atoms with Crippen LogP contribution in [0.4, 0.5) is 11.4 Å². The summed E-state index contributed by atoms with van der Waals surface area (Å²) in [6.45, 7) is 0. The van der Waals surface area contributed by atoms with Gasteiger partial charge in [-0.05, 0) is 78.4 Å². The van der Waals surface area contributed by atoms with E-state index >= 15 is 0 Å². The Labute approximate surface area is 269 Å². The zero-order valence-corrected chi connectivity index (χ0v) is 25.3. The van der Waals surface area contributed by atoms with Crippen molar-refractivity contribution in [1.82, 2.24) is 9.13 Å². The van der Waals surface area contributed by atoms with E-state index in [9.17, 15) is 0 Å². The third kappa shape index (κ3) is 3.59. The standard InChI is InChI=1S/C42H28N4O/c43-26-18-21-36-32(24-26)29-11-4-6-15-35(29)46(36)41-28(13-8-14-34(41)44)25-17-20-37-33(23-25)40-38(45(37)27-9-2-1-3-10-27)22-19-31-30-12-5-7-16-39(30)47-42(31)40/h1-24H,43-44H2. The number of fused-ring (bicyclic) bond motifs is 10. The van der Waals surface area contributed by atoms with Crippen LogP contribution in [0.1, 0.15) is 0 Å². The minimum absolute atomic E-state index is 0.702. The molecule has 0 fully saturated rings. The van der Waals surface area contributed by atoms with E-state index in [1.54, 1.807) is 0 Å². The van der Waals surface area contributed by atoms with Crippen molar-refractivity contribution in [2.24, 2.45) is 0 Å². The molecule has 3 heterocycles. The predicted molar refractivity (Wildman–Crippen MR) is 197 cm³/mol. The van der Waals surface area contributed by atoms with Gasteiger partial charge in [0, 0.05) is 43.9 Å². The average Bonchev–Trinajstić information content (AvgIpc) is 3.76. The molecule has 0 saturated carbocycles. The number of anilines is 2. The molecule has 10 rings (SSSR count). The van der Waals surface area contributed by atoms with Gasteiger partial charge in [-0.3, -0.25) is 0 Å². The van der Waals surface area contributed by atoms with Crippen LogP contribution in [-0.4, -0.2) is 9.13 Å². The lowest BCUT2D eigenvalue weighted by Gasteiger charge is -2.17. The number of hydrogen-bond acceptors (Lipinski definition) is 3. The van der Waals surface area contributed by atoms with Crippen LogP contribution in [0.3, 0.4) is 0 Å². The molecular formula is C42H28N4O. The van der Waals surface area contributed by atoms with Crippen molar-refractivity contribution < 1.29 is 4.42 Å². The number of benzene rings is 7. The first-order chi connectivity index (χ1) is 23.2. The SMILES string of the molecule is Nc1ccc2c(c1)c1ccccc1n2-c1c(N)cccc1-c1ccc2c(c1)c1c3oc4ccccc4c3ccc1n2-c1ccccc1. The molecule has 47 heavy (non-hydrogen) atoms. The number of rotatable bonds is 3. The molecule has 0 unspecified atom stereocenters. The van der Waals surface area contributed by atoms with Crippen LogP contribution in [0.25, 0.3) is 88.1 Å². The molecule has 0 amide bonds. The van der Waals surface area contributed by atoms with Gasteiger partial charge in [-0.1, -0.05) is 72.8 Å². The van der Waals surface area contributed by atoms with Gasteiger partial charge in [0.15, 0.2) is 0 Å². The van der Waals surface area contributed by atoms with Crippen LogP contribution in [-0.2, 0) is 0 Å². The van der Waals surface area contributed by atoms with Gasteiger partial charge in [0.2, 0.25) is 0 Å². The molecule has 222 valence electrons. The highest BCUT2D eigenvalue weighted by Gasteiger charge is 2.22. The summed E-state index contributed by atoms with van der Waals surface area (Å²) in [5, 5.41) is 6.68. The summed E-state index contributed by atoms with van der Waals surface area (Å²) >= 11 is 0. The molecule has 0 saturated heterocycles. The number of para-hydroxylation sites is 4. The maximum absolute atomic E-state index is 6.90. The van der Waals surface area contributed by atoms with E-state index in [4.69, 9.17) is 15.9 Å². The third-order valence-corrected chi connectivity index (χ3v) is 9.59. The predicted octanol–water partition coefficient (Wildman–Crippen LogP) is 10.6. The lowest BCUT2D eigenvalue weighted by atomic mass is 9.99. The molecule has 10 aromatic rings. The Balaban J connectivity index is 1.32. The van der Waals surface area contributed by atoms with E-state index in [0.717, 1.165) is 93.7 Å². The van der Waals surface area contributed by atoms with Gasteiger partial charge >= 0.3 is 0 Å². The van der Waals surface area contributed by atoms with Crippen molar-refractivity contribution in [2.75, 3.05) is 11.5 Å². The van der Waals surface area contributed by atoms with Crippen LogP contribution in [0.2, 0.25) is 0 Å². The van der Waals surface area contributed by atoms with Gasteiger partial charge in [-0.25, -0.2) is 0 Å². The fourth-order valence-corrected chi connectivity index (χ4v) is 7.58. The van der Waals surface area contributed by atoms with Crippen molar-refractivity contribution >= 4 is 76.9 Å².